The van der Waals surface area contributed by atoms with Gasteiger partial charge in [-0.05, 0) is 61.7 Å². The minimum atomic E-state index is -0.343. The lowest BCUT2D eigenvalue weighted by molar-refractivity contribution is -0.123. The molecule has 0 unspecified atom stereocenters. The third-order valence-corrected chi connectivity index (χ3v) is 5.20. The van der Waals surface area contributed by atoms with E-state index in [-0.39, 0.29) is 24.5 Å². The van der Waals surface area contributed by atoms with Gasteiger partial charge in [-0.25, -0.2) is 0 Å². The van der Waals surface area contributed by atoms with Crippen molar-refractivity contribution in [1.29, 1.82) is 0 Å². The standard InChI is InChI=1S/C26H28N2O5/c1-3-31-22-12-11-20(15-24(22)32-4-2)28-26(30)21-13-17-7-5-6-8-18(17)14-23(21)33-16-25(29)27-19-9-10-19/h5-8,11-15,19H,3-4,9-10,16H2,1-2H3,(H,27,29)(H,28,30). The van der Waals surface area contributed by atoms with Gasteiger partial charge in [0.25, 0.3) is 11.8 Å². The van der Waals surface area contributed by atoms with Crippen LogP contribution in [-0.4, -0.2) is 37.7 Å². The Kier molecular flexibility index (Phi) is 6.98. The zero-order chi connectivity index (χ0) is 23.2. The molecule has 33 heavy (non-hydrogen) atoms. The summed E-state index contributed by atoms with van der Waals surface area (Å²) in [4.78, 5) is 25.4. The molecule has 0 heterocycles. The second-order valence-electron chi connectivity index (χ2n) is 7.81. The average molecular weight is 449 g/mol. The first kappa shape index (κ1) is 22.5. The van der Waals surface area contributed by atoms with E-state index in [0.29, 0.717) is 41.7 Å². The Labute approximate surface area is 193 Å². The lowest BCUT2D eigenvalue weighted by Gasteiger charge is -2.15. The number of hydrogen-bond acceptors (Lipinski definition) is 5. The number of carbonyl (C=O) groups excluding carboxylic acids is 2. The molecule has 0 atom stereocenters. The number of nitrogens with one attached hydrogen (secondary N) is 2. The van der Waals surface area contributed by atoms with Crippen LogP contribution in [0.3, 0.4) is 0 Å². The molecule has 7 heteroatoms. The maximum atomic E-state index is 13.2. The topological polar surface area (TPSA) is 85.9 Å². The van der Waals surface area contributed by atoms with Gasteiger partial charge >= 0.3 is 0 Å². The van der Waals surface area contributed by atoms with Gasteiger partial charge in [-0.1, -0.05) is 24.3 Å². The lowest BCUT2D eigenvalue weighted by Crippen LogP contribution is -2.30. The third-order valence-electron chi connectivity index (χ3n) is 5.20. The number of benzene rings is 3. The van der Waals surface area contributed by atoms with Crippen LogP contribution in [0.4, 0.5) is 5.69 Å². The Morgan fingerprint density at radius 2 is 1.55 bits per heavy atom. The second kappa shape index (κ2) is 10.3. The van der Waals surface area contributed by atoms with Gasteiger partial charge in [0.15, 0.2) is 18.1 Å². The van der Waals surface area contributed by atoms with E-state index < -0.39 is 0 Å². The zero-order valence-corrected chi connectivity index (χ0v) is 18.9. The van der Waals surface area contributed by atoms with Crippen molar-refractivity contribution in [2.45, 2.75) is 32.7 Å². The molecule has 1 fully saturated rings. The molecule has 0 bridgehead atoms. The summed E-state index contributed by atoms with van der Waals surface area (Å²) in [5, 5.41) is 7.62. The predicted octanol–water partition coefficient (Wildman–Crippen LogP) is 4.55. The largest absolute Gasteiger partial charge is 0.490 e. The number of ether oxygens (including phenoxy) is 3. The average Bonchev–Trinajstić information content (AvgIpc) is 3.63. The van der Waals surface area contributed by atoms with Crippen LogP contribution in [0.25, 0.3) is 10.8 Å². The van der Waals surface area contributed by atoms with Crippen molar-refractivity contribution in [2.75, 3.05) is 25.1 Å². The first-order valence-corrected chi connectivity index (χ1v) is 11.2. The van der Waals surface area contributed by atoms with Crippen LogP contribution in [0.15, 0.2) is 54.6 Å². The van der Waals surface area contributed by atoms with Crippen molar-refractivity contribution in [1.82, 2.24) is 5.32 Å². The highest BCUT2D eigenvalue weighted by Gasteiger charge is 2.24. The van der Waals surface area contributed by atoms with E-state index in [9.17, 15) is 9.59 Å². The van der Waals surface area contributed by atoms with E-state index >= 15 is 0 Å². The van der Waals surface area contributed by atoms with E-state index in [1.54, 1.807) is 30.3 Å². The van der Waals surface area contributed by atoms with Crippen LogP contribution in [0.2, 0.25) is 0 Å². The quantitative estimate of drug-likeness (QED) is 0.475. The van der Waals surface area contributed by atoms with Gasteiger partial charge in [0.05, 0.1) is 18.8 Å². The second-order valence-corrected chi connectivity index (χ2v) is 7.81. The van der Waals surface area contributed by atoms with Gasteiger partial charge in [0, 0.05) is 17.8 Å². The number of rotatable bonds is 10. The molecular weight excluding hydrogens is 420 g/mol. The van der Waals surface area contributed by atoms with Crippen LogP contribution < -0.4 is 24.8 Å². The first-order chi connectivity index (χ1) is 16.1. The minimum absolute atomic E-state index is 0.146. The summed E-state index contributed by atoms with van der Waals surface area (Å²) >= 11 is 0. The summed E-state index contributed by atoms with van der Waals surface area (Å²) in [6.07, 6.45) is 2.00. The molecular formula is C26H28N2O5. The fraction of sp³-hybridized carbons (Fsp3) is 0.308. The molecule has 0 aliphatic heterocycles. The highest BCUT2D eigenvalue weighted by Crippen LogP contribution is 2.32. The first-order valence-electron chi connectivity index (χ1n) is 11.2. The molecule has 0 saturated heterocycles. The zero-order valence-electron chi connectivity index (χ0n) is 18.9. The Balaban J connectivity index is 1.58. The highest BCUT2D eigenvalue weighted by atomic mass is 16.5. The van der Waals surface area contributed by atoms with Crippen LogP contribution in [0, 0.1) is 0 Å². The smallest absolute Gasteiger partial charge is 0.259 e. The molecule has 1 saturated carbocycles. The van der Waals surface area contributed by atoms with Crippen molar-refractivity contribution in [2.24, 2.45) is 0 Å². The molecule has 2 amide bonds. The van der Waals surface area contributed by atoms with E-state index in [4.69, 9.17) is 14.2 Å². The molecule has 3 aromatic carbocycles. The summed E-state index contributed by atoms with van der Waals surface area (Å²) in [5.74, 6) is 1.00. The summed E-state index contributed by atoms with van der Waals surface area (Å²) < 4.78 is 17.0. The SMILES string of the molecule is CCOc1ccc(NC(=O)c2cc3ccccc3cc2OCC(=O)NC2CC2)cc1OCC. The predicted molar refractivity (Wildman–Crippen MR) is 127 cm³/mol. The Morgan fingerprint density at radius 1 is 0.848 bits per heavy atom. The number of anilines is 1. The van der Waals surface area contributed by atoms with Crippen LogP contribution in [0.5, 0.6) is 17.2 Å². The minimum Gasteiger partial charge on any atom is -0.490 e. The molecule has 172 valence electrons. The number of amides is 2. The van der Waals surface area contributed by atoms with E-state index in [2.05, 4.69) is 10.6 Å². The van der Waals surface area contributed by atoms with Crippen molar-refractivity contribution >= 4 is 28.3 Å². The van der Waals surface area contributed by atoms with Crippen molar-refractivity contribution in [3.63, 3.8) is 0 Å². The van der Waals surface area contributed by atoms with Gasteiger partial charge < -0.3 is 24.8 Å². The van der Waals surface area contributed by atoms with E-state index in [1.807, 2.05) is 38.1 Å². The third kappa shape index (κ3) is 5.74. The summed E-state index contributed by atoms with van der Waals surface area (Å²) in [6.45, 7) is 4.63. The molecule has 1 aliphatic carbocycles. The number of fused-ring (bicyclic) bond motifs is 1. The molecule has 0 aromatic heterocycles. The van der Waals surface area contributed by atoms with Gasteiger partial charge in [-0.15, -0.1) is 0 Å². The summed E-state index contributed by atoms with van der Waals surface area (Å²) in [6, 6.07) is 16.8. The molecule has 3 aromatic rings. The molecule has 7 nitrogen and oxygen atoms in total. The molecule has 0 radical (unpaired) electrons. The monoisotopic (exact) mass is 448 g/mol. The maximum Gasteiger partial charge on any atom is 0.259 e. The Bertz CT molecular complexity index is 1160. The fourth-order valence-corrected chi connectivity index (χ4v) is 3.48. The normalized spacial score (nSPS) is 12.8. The fourth-order valence-electron chi connectivity index (χ4n) is 3.48. The van der Waals surface area contributed by atoms with Gasteiger partial charge in [0.2, 0.25) is 0 Å². The summed E-state index contributed by atoms with van der Waals surface area (Å²) in [5.41, 5.74) is 0.914. The highest BCUT2D eigenvalue weighted by molar-refractivity contribution is 6.09. The molecule has 4 rings (SSSR count). The Hall–Kier alpha value is -3.74. The summed E-state index contributed by atoms with van der Waals surface area (Å²) in [7, 11) is 0. The van der Waals surface area contributed by atoms with Gasteiger partial charge in [0.1, 0.15) is 5.75 Å². The van der Waals surface area contributed by atoms with Crippen LogP contribution >= 0.6 is 0 Å². The van der Waals surface area contributed by atoms with Crippen molar-refractivity contribution in [3.8, 4) is 17.2 Å². The lowest BCUT2D eigenvalue weighted by atomic mass is 10.1. The molecule has 0 spiro atoms. The van der Waals surface area contributed by atoms with E-state index in [1.165, 1.54) is 0 Å². The van der Waals surface area contributed by atoms with Gasteiger partial charge in [-0.2, -0.15) is 0 Å². The molecule has 1 aliphatic rings. The van der Waals surface area contributed by atoms with E-state index in [0.717, 1.165) is 23.6 Å². The van der Waals surface area contributed by atoms with Crippen molar-refractivity contribution < 1.29 is 23.8 Å². The number of hydrogen-bond donors (Lipinski definition) is 2. The van der Waals surface area contributed by atoms with Crippen LogP contribution in [-0.2, 0) is 4.79 Å². The molecule has 2 N–H and O–H groups in total. The van der Waals surface area contributed by atoms with Crippen LogP contribution in [0.1, 0.15) is 37.0 Å². The number of carbonyl (C=O) groups is 2. The maximum absolute atomic E-state index is 13.2. The Morgan fingerprint density at radius 3 is 2.24 bits per heavy atom. The van der Waals surface area contributed by atoms with Crippen molar-refractivity contribution in [3.05, 3.63) is 60.2 Å². The van der Waals surface area contributed by atoms with Gasteiger partial charge in [-0.3, -0.25) is 9.59 Å².